The van der Waals surface area contributed by atoms with Crippen molar-refractivity contribution in [3.05, 3.63) is 54.2 Å². The number of piperidine rings is 1. The number of amides is 1. The summed E-state index contributed by atoms with van der Waals surface area (Å²) in [7, 11) is 0. The van der Waals surface area contributed by atoms with Gasteiger partial charge in [0.25, 0.3) is 0 Å². The van der Waals surface area contributed by atoms with Crippen molar-refractivity contribution >= 4 is 28.2 Å². The molecule has 5 rings (SSSR count). The summed E-state index contributed by atoms with van der Waals surface area (Å²) in [6.07, 6.45) is 3.72. The van der Waals surface area contributed by atoms with E-state index in [1.165, 1.54) is 5.56 Å². The fourth-order valence-electron chi connectivity index (χ4n) is 4.15. The highest BCUT2D eigenvalue weighted by Gasteiger charge is 2.27. The summed E-state index contributed by atoms with van der Waals surface area (Å²) < 4.78 is 10.7. The molecule has 29 heavy (non-hydrogen) atoms. The van der Waals surface area contributed by atoms with Crippen LogP contribution in [0.1, 0.15) is 18.4 Å². The van der Waals surface area contributed by atoms with E-state index in [1.807, 2.05) is 24.4 Å². The maximum atomic E-state index is 12.9. The molecule has 1 fully saturated rings. The number of fused-ring (bicyclic) bond motifs is 2. The Bertz CT molecular complexity index is 1080. The van der Waals surface area contributed by atoms with Crippen molar-refractivity contribution in [2.24, 2.45) is 5.92 Å². The second-order valence-electron chi connectivity index (χ2n) is 7.69. The van der Waals surface area contributed by atoms with Gasteiger partial charge < -0.3 is 19.7 Å². The molecule has 0 aliphatic carbocycles. The summed E-state index contributed by atoms with van der Waals surface area (Å²) in [5, 5.41) is 4.19. The highest BCUT2D eigenvalue weighted by molar-refractivity contribution is 5.95. The van der Waals surface area contributed by atoms with Crippen molar-refractivity contribution < 1.29 is 14.3 Å². The van der Waals surface area contributed by atoms with Crippen molar-refractivity contribution in [3.63, 3.8) is 0 Å². The van der Waals surface area contributed by atoms with E-state index in [1.54, 1.807) is 0 Å². The number of pyridine rings is 1. The van der Waals surface area contributed by atoms with E-state index in [0.717, 1.165) is 41.7 Å². The van der Waals surface area contributed by atoms with Crippen LogP contribution in [0.15, 0.2) is 48.7 Å². The number of benzene rings is 2. The Morgan fingerprint density at radius 1 is 1.14 bits per heavy atom. The van der Waals surface area contributed by atoms with Gasteiger partial charge in [-0.15, -0.1) is 0 Å². The van der Waals surface area contributed by atoms with Crippen LogP contribution in [0, 0.1) is 12.8 Å². The molecule has 3 heterocycles. The summed E-state index contributed by atoms with van der Waals surface area (Å²) >= 11 is 0. The Labute approximate surface area is 169 Å². The van der Waals surface area contributed by atoms with Gasteiger partial charge in [0.2, 0.25) is 12.7 Å². The lowest BCUT2D eigenvalue weighted by atomic mass is 9.96. The van der Waals surface area contributed by atoms with Crippen molar-refractivity contribution in [1.82, 2.24) is 4.98 Å². The molecule has 1 unspecified atom stereocenters. The minimum absolute atomic E-state index is 0.0445. The van der Waals surface area contributed by atoms with Gasteiger partial charge in [0, 0.05) is 42.1 Å². The van der Waals surface area contributed by atoms with Crippen LogP contribution in [0.2, 0.25) is 0 Å². The van der Waals surface area contributed by atoms with Crippen molar-refractivity contribution in [1.29, 1.82) is 0 Å². The lowest BCUT2D eigenvalue weighted by Crippen LogP contribution is -2.40. The predicted molar refractivity (Wildman–Crippen MR) is 113 cm³/mol. The van der Waals surface area contributed by atoms with Crippen LogP contribution in [0.3, 0.4) is 0 Å². The van der Waals surface area contributed by atoms with Crippen LogP contribution in [0.4, 0.5) is 11.4 Å². The van der Waals surface area contributed by atoms with E-state index < -0.39 is 0 Å². The number of aromatic nitrogens is 1. The maximum absolute atomic E-state index is 12.9. The number of hydrogen-bond acceptors (Lipinski definition) is 5. The second-order valence-corrected chi connectivity index (χ2v) is 7.69. The Morgan fingerprint density at radius 2 is 2.03 bits per heavy atom. The van der Waals surface area contributed by atoms with Crippen molar-refractivity contribution in [3.8, 4) is 11.5 Å². The van der Waals surface area contributed by atoms with E-state index in [2.05, 4.69) is 46.4 Å². The molecule has 1 aromatic heterocycles. The molecular formula is C23H23N3O3. The molecule has 6 nitrogen and oxygen atoms in total. The molecule has 1 atom stereocenters. The van der Waals surface area contributed by atoms with Gasteiger partial charge in [-0.3, -0.25) is 9.78 Å². The minimum Gasteiger partial charge on any atom is -0.454 e. The van der Waals surface area contributed by atoms with E-state index in [-0.39, 0.29) is 18.6 Å². The van der Waals surface area contributed by atoms with Gasteiger partial charge in [0.1, 0.15) is 0 Å². The number of nitrogens with zero attached hydrogens (tertiary/aromatic N) is 2. The van der Waals surface area contributed by atoms with Gasteiger partial charge in [-0.1, -0.05) is 11.6 Å². The molecule has 0 bridgehead atoms. The minimum atomic E-state index is -0.0674. The fraction of sp³-hybridized carbons (Fsp3) is 0.304. The molecule has 2 aliphatic heterocycles. The first kappa shape index (κ1) is 17.8. The van der Waals surface area contributed by atoms with Crippen LogP contribution in [-0.2, 0) is 4.79 Å². The van der Waals surface area contributed by atoms with Crippen LogP contribution in [-0.4, -0.2) is 30.8 Å². The summed E-state index contributed by atoms with van der Waals surface area (Å²) in [4.78, 5) is 19.7. The molecular weight excluding hydrogens is 366 g/mol. The number of aryl methyl sites for hydroxylation is 1. The molecule has 0 saturated carbocycles. The number of rotatable bonds is 3. The molecule has 1 amide bonds. The zero-order valence-corrected chi connectivity index (χ0v) is 16.4. The Morgan fingerprint density at radius 3 is 2.97 bits per heavy atom. The Kier molecular flexibility index (Phi) is 4.46. The van der Waals surface area contributed by atoms with Gasteiger partial charge in [-0.2, -0.15) is 0 Å². The lowest BCUT2D eigenvalue weighted by Gasteiger charge is -2.34. The molecule has 6 heteroatoms. The molecule has 1 N–H and O–H groups in total. The first-order chi connectivity index (χ1) is 14.2. The molecule has 2 aliphatic rings. The number of hydrogen-bond donors (Lipinski definition) is 1. The summed E-state index contributed by atoms with van der Waals surface area (Å²) in [5.74, 6) is 1.36. The topological polar surface area (TPSA) is 63.7 Å². The van der Waals surface area contributed by atoms with Crippen LogP contribution in [0.5, 0.6) is 11.5 Å². The van der Waals surface area contributed by atoms with Crippen molar-refractivity contribution in [2.75, 3.05) is 30.1 Å². The SMILES string of the molecule is Cc1ccc2nccc(N3CCCC(C(=O)Nc4ccc5c(c4)OCO5)C3)c2c1. The van der Waals surface area contributed by atoms with Gasteiger partial charge in [0.05, 0.1) is 11.4 Å². The normalized spacial score (nSPS) is 18.1. The third-order valence-electron chi connectivity index (χ3n) is 5.65. The van der Waals surface area contributed by atoms with E-state index in [9.17, 15) is 4.79 Å². The summed E-state index contributed by atoms with van der Waals surface area (Å²) in [6.45, 7) is 3.96. The number of carbonyl (C=O) groups excluding carboxylic acids is 1. The molecule has 2 aromatic carbocycles. The third kappa shape index (κ3) is 3.46. The Hall–Kier alpha value is -3.28. The van der Waals surface area contributed by atoms with Crippen LogP contribution < -0.4 is 19.7 Å². The average Bonchev–Trinajstić information content (AvgIpc) is 3.21. The lowest BCUT2D eigenvalue weighted by molar-refractivity contribution is -0.120. The van der Waals surface area contributed by atoms with Gasteiger partial charge >= 0.3 is 0 Å². The zero-order chi connectivity index (χ0) is 19.8. The summed E-state index contributed by atoms with van der Waals surface area (Å²) in [6, 6.07) is 13.9. The quantitative estimate of drug-likeness (QED) is 0.730. The highest BCUT2D eigenvalue weighted by Crippen LogP contribution is 2.35. The van der Waals surface area contributed by atoms with Crippen molar-refractivity contribution in [2.45, 2.75) is 19.8 Å². The summed E-state index contributed by atoms with van der Waals surface area (Å²) in [5.41, 5.74) is 4.08. The Balaban J connectivity index is 1.34. The maximum Gasteiger partial charge on any atom is 0.231 e. The second kappa shape index (κ2) is 7.28. The van der Waals surface area contributed by atoms with E-state index >= 15 is 0 Å². The largest absolute Gasteiger partial charge is 0.454 e. The fourth-order valence-corrected chi connectivity index (χ4v) is 4.15. The van der Waals surface area contributed by atoms with E-state index in [4.69, 9.17) is 9.47 Å². The number of anilines is 2. The monoisotopic (exact) mass is 389 g/mol. The predicted octanol–water partition coefficient (Wildman–Crippen LogP) is 4.13. The average molecular weight is 389 g/mol. The van der Waals surface area contributed by atoms with Crippen LogP contribution >= 0.6 is 0 Å². The first-order valence-electron chi connectivity index (χ1n) is 9.98. The molecule has 148 valence electrons. The number of ether oxygens (including phenoxy) is 2. The smallest absolute Gasteiger partial charge is 0.231 e. The third-order valence-corrected chi connectivity index (χ3v) is 5.65. The number of nitrogens with one attached hydrogen (secondary N) is 1. The highest BCUT2D eigenvalue weighted by atomic mass is 16.7. The first-order valence-corrected chi connectivity index (χ1v) is 9.98. The van der Waals surface area contributed by atoms with Gasteiger partial charge in [-0.25, -0.2) is 0 Å². The molecule has 0 spiro atoms. The standard InChI is InChI=1S/C23H23N3O3/c1-15-4-6-19-18(11-15)20(8-9-24-19)26-10-2-3-16(13-26)23(27)25-17-5-7-21-22(12-17)29-14-28-21/h4-9,11-12,16H,2-3,10,13-14H2,1H3,(H,25,27). The molecule has 3 aromatic rings. The molecule has 0 radical (unpaired) electrons. The number of carbonyl (C=O) groups is 1. The molecule has 1 saturated heterocycles. The zero-order valence-electron chi connectivity index (χ0n) is 16.4. The van der Waals surface area contributed by atoms with Gasteiger partial charge in [-0.05, 0) is 50.1 Å². The van der Waals surface area contributed by atoms with Crippen LogP contribution in [0.25, 0.3) is 10.9 Å². The van der Waals surface area contributed by atoms with Gasteiger partial charge in [0.15, 0.2) is 11.5 Å². The van der Waals surface area contributed by atoms with E-state index in [0.29, 0.717) is 18.0 Å².